The maximum absolute atomic E-state index is 12.3. The molecule has 20 heavy (non-hydrogen) atoms. The highest BCUT2D eigenvalue weighted by Crippen LogP contribution is 2.19. The molecule has 0 aliphatic carbocycles. The van der Waals surface area contributed by atoms with Crippen LogP contribution in [0.15, 0.2) is 12.1 Å². The summed E-state index contributed by atoms with van der Waals surface area (Å²) >= 11 is 1.55. The number of thiophene rings is 1. The van der Waals surface area contributed by atoms with Gasteiger partial charge in [-0.25, -0.2) is 4.79 Å². The summed E-state index contributed by atoms with van der Waals surface area (Å²) in [6, 6.07) is 3.90. The molecule has 1 fully saturated rings. The van der Waals surface area contributed by atoms with Crippen molar-refractivity contribution in [3.8, 4) is 0 Å². The van der Waals surface area contributed by atoms with Crippen LogP contribution in [0.2, 0.25) is 0 Å². The monoisotopic (exact) mass is 296 g/mol. The molecule has 1 aliphatic rings. The summed E-state index contributed by atoms with van der Waals surface area (Å²) in [5.41, 5.74) is 0. The van der Waals surface area contributed by atoms with Crippen LogP contribution in [0.25, 0.3) is 0 Å². The first-order valence-corrected chi connectivity index (χ1v) is 7.77. The van der Waals surface area contributed by atoms with Crippen LogP contribution in [0.3, 0.4) is 0 Å². The molecule has 110 valence electrons. The van der Waals surface area contributed by atoms with Crippen molar-refractivity contribution in [2.45, 2.75) is 20.3 Å². The van der Waals surface area contributed by atoms with E-state index in [1.165, 1.54) is 4.88 Å². The van der Waals surface area contributed by atoms with Gasteiger partial charge in [-0.05, 0) is 25.5 Å². The Morgan fingerprint density at radius 3 is 2.35 bits per heavy atom. The zero-order chi connectivity index (χ0) is 14.5. The molecule has 0 aromatic carbocycles. The fourth-order valence-corrected chi connectivity index (χ4v) is 3.06. The van der Waals surface area contributed by atoms with Crippen molar-refractivity contribution in [3.63, 3.8) is 0 Å². The topological polar surface area (TPSA) is 49.9 Å². The molecule has 0 radical (unpaired) electrons. The molecule has 0 bridgehead atoms. The van der Waals surface area contributed by atoms with Crippen LogP contribution in [-0.4, -0.2) is 54.6 Å². The largest absolute Gasteiger partial charge is 0.450 e. The normalized spacial score (nSPS) is 15.3. The number of carbonyl (C=O) groups excluding carboxylic acids is 2. The van der Waals surface area contributed by atoms with Crippen molar-refractivity contribution >= 4 is 23.3 Å². The lowest BCUT2D eigenvalue weighted by Crippen LogP contribution is -2.50. The Labute approximate surface area is 123 Å². The van der Waals surface area contributed by atoms with Gasteiger partial charge < -0.3 is 14.5 Å². The molecule has 0 atom stereocenters. The first-order chi connectivity index (χ1) is 9.65. The van der Waals surface area contributed by atoms with Crippen molar-refractivity contribution in [2.24, 2.45) is 0 Å². The van der Waals surface area contributed by atoms with Crippen molar-refractivity contribution < 1.29 is 14.3 Å². The van der Waals surface area contributed by atoms with E-state index in [-0.39, 0.29) is 12.0 Å². The molecule has 2 amide bonds. The van der Waals surface area contributed by atoms with E-state index >= 15 is 0 Å². The third-order valence-corrected chi connectivity index (χ3v) is 4.53. The lowest BCUT2D eigenvalue weighted by atomic mass is 10.3. The first kappa shape index (κ1) is 14.8. The van der Waals surface area contributed by atoms with Crippen molar-refractivity contribution in [1.29, 1.82) is 0 Å². The molecular formula is C14H20N2O3S. The highest BCUT2D eigenvalue weighted by atomic mass is 32.1. The van der Waals surface area contributed by atoms with E-state index < -0.39 is 0 Å². The minimum atomic E-state index is -0.288. The maximum atomic E-state index is 12.3. The van der Waals surface area contributed by atoms with Gasteiger partial charge in [0.1, 0.15) is 0 Å². The standard InChI is InChI=1S/C14H20N2O3S/c1-3-11-5-6-12(20-11)13(17)15-7-9-16(10-8-15)14(18)19-4-2/h5-6H,3-4,7-10H2,1-2H3. The molecule has 0 saturated carbocycles. The van der Waals surface area contributed by atoms with E-state index in [0.29, 0.717) is 32.8 Å². The van der Waals surface area contributed by atoms with E-state index in [0.717, 1.165) is 11.3 Å². The quantitative estimate of drug-likeness (QED) is 0.859. The summed E-state index contributed by atoms with van der Waals surface area (Å²) in [5.74, 6) is 0.0678. The van der Waals surface area contributed by atoms with Crippen molar-refractivity contribution in [3.05, 3.63) is 21.9 Å². The molecule has 1 aromatic rings. The van der Waals surface area contributed by atoms with E-state index in [1.807, 2.05) is 12.1 Å². The van der Waals surface area contributed by atoms with Gasteiger partial charge in [0.05, 0.1) is 11.5 Å². The smallest absolute Gasteiger partial charge is 0.409 e. The average molecular weight is 296 g/mol. The van der Waals surface area contributed by atoms with Gasteiger partial charge in [-0.2, -0.15) is 0 Å². The van der Waals surface area contributed by atoms with Crippen LogP contribution < -0.4 is 0 Å². The number of carbonyl (C=O) groups is 2. The zero-order valence-electron chi connectivity index (χ0n) is 11.9. The second kappa shape index (κ2) is 6.74. The lowest BCUT2D eigenvalue weighted by Gasteiger charge is -2.33. The number of hydrogen-bond donors (Lipinski definition) is 0. The number of rotatable bonds is 3. The summed E-state index contributed by atoms with van der Waals surface area (Å²) in [5, 5.41) is 0. The summed E-state index contributed by atoms with van der Waals surface area (Å²) in [6.07, 6.45) is 0.665. The van der Waals surface area contributed by atoms with E-state index in [9.17, 15) is 9.59 Å². The Hall–Kier alpha value is -1.56. The van der Waals surface area contributed by atoms with Gasteiger partial charge in [0.2, 0.25) is 0 Å². The molecule has 1 saturated heterocycles. The number of amides is 2. The van der Waals surface area contributed by atoms with Gasteiger partial charge in [-0.15, -0.1) is 11.3 Å². The highest BCUT2D eigenvalue weighted by molar-refractivity contribution is 7.14. The maximum Gasteiger partial charge on any atom is 0.409 e. The van der Waals surface area contributed by atoms with Gasteiger partial charge >= 0.3 is 6.09 Å². The van der Waals surface area contributed by atoms with Gasteiger partial charge in [0.15, 0.2) is 0 Å². The van der Waals surface area contributed by atoms with E-state index in [2.05, 4.69) is 6.92 Å². The average Bonchev–Trinajstić information content (AvgIpc) is 2.96. The summed E-state index contributed by atoms with van der Waals surface area (Å²) < 4.78 is 4.97. The van der Waals surface area contributed by atoms with Gasteiger partial charge in [0, 0.05) is 31.1 Å². The Morgan fingerprint density at radius 1 is 1.15 bits per heavy atom. The second-order valence-corrected chi connectivity index (χ2v) is 5.77. The number of nitrogens with zero attached hydrogens (tertiary/aromatic N) is 2. The molecule has 1 aliphatic heterocycles. The van der Waals surface area contributed by atoms with E-state index in [1.54, 1.807) is 28.1 Å². The number of hydrogen-bond acceptors (Lipinski definition) is 4. The van der Waals surface area contributed by atoms with Gasteiger partial charge in [-0.1, -0.05) is 6.92 Å². The van der Waals surface area contributed by atoms with Crippen molar-refractivity contribution in [1.82, 2.24) is 9.80 Å². The molecule has 5 nitrogen and oxygen atoms in total. The predicted octanol–water partition coefficient (Wildman–Crippen LogP) is 2.22. The Bertz CT molecular complexity index is 479. The molecule has 6 heteroatoms. The fraction of sp³-hybridized carbons (Fsp3) is 0.571. The Kier molecular flexibility index (Phi) is 5.00. The molecule has 2 heterocycles. The Morgan fingerprint density at radius 2 is 1.80 bits per heavy atom. The zero-order valence-corrected chi connectivity index (χ0v) is 12.7. The van der Waals surface area contributed by atoms with Crippen LogP contribution in [0.1, 0.15) is 28.4 Å². The molecular weight excluding hydrogens is 276 g/mol. The minimum absolute atomic E-state index is 0.0678. The van der Waals surface area contributed by atoms with E-state index in [4.69, 9.17) is 4.74 Å². The molecule has 0 N–H and O–H groups in total. The van der Waals surface area contributed by atoms with Crippen LogP contribution in [0, 0.1) is 0 Å². The fourth-order valence-electron chi connectivity index (χ4n) is 2.15. The first-order valence-electron chi connectivity index (χ1n) is 6.95. The van der Waals surface area contributed by atoms with Crippen LogP contribution >= 0.6 is 11.3 Å². The molecule has 0 unspecified atom stereocenters. The summed E-state index contributed by atoms with van der Waals surface area (Å²) in [6.45, 7) is 6.46. The number of aryl methyl sites for hydroxylation is 1. The molecule has 1 aromatic heterocycles. The minimum Gasteiger partial charge on any atom is -0.450 e. The van der Waals surface area contributed by atoms with Gasteiger partial charge in [-0.3, -0.25) is 4.79 Å². The molecule has 2 rings (SSSR count). The number of piperazine rings is 1. The Balaban J connectivity index is 1.90. The predicted molar refractivity (Wildman–Crippen MR) is 78.2 cm³/mol. The second-order valence-electron chi connectivity index (χ2n) is 4.60. The number of ether oxygens (including phenoxy) is 1. The lowest BCUT2D eigenvalue weighted by molar-refractivity contribution is 0.0574. The third kappa shape index (κ3) is 3.30. The SMILES string of the molecule is CCOC(=O)N1CCN(C(=O)c2ccc(CC)s2)CC1. The third-order valence-electron chi connectivity index (χ3n) is 3.31. The summed E-state index contributed by atoms with van der Waals surface area (Å²) in [7, 11) is 0. The highest BCUT2D eigenvalue weighted by Gasteiger charge is 2.26. The van der Waals surface area contributed by atoms with Crippen LogP contribution in [0.4, 0.5) is 4.79 Å². The van der Waals surface area contributed by atoms with Crippen molar-refractivity contribution in [2.75, 3.05) is 32.8 Å². The van der Waals surface area contributed by atoms with Crippen LogP contribution in [-0.2, 0) is 11.2 Å². The van der Waals surface area contributed by atoms with Crippen LogP contribution in [0.5, 0.6) is 0 Å². The summed E-state index contributed by atoms with van der Waals surface area (Å²) in [4.78, 5) is 29.4. The molecule has 0 spiro atoms. The van der Waals surface area contributed by atoms with Gasteiger partial charge in [0.25, 0.3) is 5.91 Å².